The van der Waals surface area contributed by atoms with Gasteiger partial charge in [-0.05, 0) is 38.5 Å². The Morgan fingerprint density at radius 2 is 1.95 bits per heavy atom. The van der Waals surface area contributed by atoms with Crippen molar-refractivity contribution in [3.05, 3.63) is 41.7 Å². The largest absolute Gasteiger partial charge is 0.389 e. The number of nitrogens with zero attached hydrogens (tertiary/aromatic N) is 2. The summed E-state index contributed by atoms with van der Waals surface area (Å²) in [4.78, 5) is 0. The van der Waals surface area contributed by atoms with Crippen molar-refractivity contribution in [2.75, 3.05) is 0 Å². The maximum Gasteiger partial charge on any atom is 0.131 e. The van der Waals surface area contributed by atoms with Gasteiger partial charge in [-0.1, -0.05) is 0 Å². The van der Waals surface area contributed by atoms with Gasteiger partial charge in [-0.3, -0.25) is 4.68 Å². The summed E-state index contributed by atoms with van der Waals surface area (Å²) < 4.78 is 28.8. The molecule has 1 aromatic carbocycles. The van der Waals surface area contributed by atoms with E-state index in [1.54, 1.807) is 20.0 Å². The summed E-state index contributed by atoms with van der Waals surface area (Å²) >= 11 is 0. The highest BCUT2D eigenvalue weighted by atomic mass is 19.1. The third-order valence-electron chi connectivity index (χ3n) is 2.74. The average Bonchev–Trinajstić information content (AvgIpc) is 2.69. The van der Waals surface area contributed by atoms with E-state index < -0.39 is 17.2 Å². The average molecular weight is 266 g/mol. The molecule has 0 fully saturated rings. The van der Waals surface area contributed by atoms with E-state index in [0.717, 1.165) is 12.1 Å². The Morgan fingerprint density at radius 3 is 2.58 bits per heavy atom. The van der Waals surface area contributed by atoms with E-state index in [4.69, 9.17) is 0 Å². The molecule has 1 aromatic heterocycles. The second kappa shape index (κ2) is 4.74. The van der Waals surface area contributed by atoms with E-state index in [9.17, 15) is 13.9 Å². The molecule has 0 amide bonds. The van der Waals surface area contributed by atoms with E-state index in [0.29, 0.717) is 5.56 Å². The van der Waals surface area contributed by atoms with E-state index >= 15 is 0 Å². The number of benzene rings is 1. The first-order valence-electron chi connectivity index (χ1n) is 5.97. The van der Waals surface area contributed by atoms with Crippen molar-refractivity contribution in [3.63, 3.8) is 0 Å². The summed E-state index contributed by atoms with van der Waals surface area (Å²) in [7, 11) is 0. The van der Waals surface area contributed by atoms with Gasteiger partial charge in [0.25, 0.3) is 0 Å². The number of hydrogen-bond acceptors (Lipinski definition) is 2. The van der Waals surface area contributed by atoms with Gasteiger partial charge in [-0.25, -0.2) is 8.78 Å². The fraction of sp³-hybridized carbons (Fsp3) is 0.357. The highest BCUT2D eigenvalue weighted by molar-refractivity contribution is 5.63. The standard InChI is InChI=1S/C14H16F2N2O/c1-9-4-13(16)11(5-12(9)15)10-6-17-18(7-10)8-14(2,3)19/h4-7,19H,8H2,1-3H3. The van der Waals surface area contributed by atoms with Gasteiger partial charge in [0, 0.05) is 17.3 Å². The van der Waals surface area contributed by atoms with Crippen molar-refractivity contribution in [2.24, 2.45) is 0 Å². The molecule has 102 valence electrons. The van der Waals surface area contributed by atoms with Gasteiger partial charge < -0.3 is 5.11 Å². The number of hydrogen-bond donors (Lipinski definition) is 1. The molecular formula is C14H16F2N2O. The summed E-state index contributed by atoms with van der Waals surface area (Å²) in [5.41, 5.74) is 0.0104. The lowest BCUT2D eigenvalue weighted by atomic mass is 10.1. The predicted molar refractivity (Wildman–Crippen MR) is 68.6 cm³/mol. The van der Waals surface area contributed by atoms with Crippen LogP contribution in [0.2, 0.25) is 0 Å². The molecule has 0 atom stereocenters. The quantitative estimate of drug-likeness (QED) is 0.927. The number of rotatable bonds is 3. The van der Waals surface area contributed by atoms with E-state index in [-0.39, 0.29) is 17.7 Å². The van der Waals surface area contributed by atoms with Gasteiger partial charge in [-0.2, -0.15) is 5.10 Å². The minimum atomic E-state index is -0.916. The molecule has 0 aliphatic carbocycles. The molecule has 0 bridgehead atoms. The predicted octanol–water partition coefficient (Wildman–Crippen LogP) is 2.91. The van der Waals surface area contributed by atoms with Crippen molar-refractivity contribution in [3.8, 4) is 11.1 Å². The lowest BCUT2D eigenvalue weighted by Gasteiger charge is -2.16. The Morgan fingerprint density at radius 1 is 1.26 bits per heavy atom. The molecule has 5 heteroatoms. The van der Waals surface area contributed by atoms with Crippen LogP contribution in [0.15, 0.2) is 24.5 Å². The highest BCUT2D eigenvalue weighted by Gasteiger charge is 2.16. The molecule has 0 saturated carbocycles. The molecule has 0 unspecified atom stereocenters. The monoisotopic (exact) mass is 266 g/mol. The Kier molecular flexibility index (Phi) is 3.41. The third kappa shape index (κ3) is 3.17. The molecule has 1 N–H and O–H groups in total. The summed E-state index contributed by atoms with van der Waals surface area (Å²) in [6.45, 7) is 5.10. The number of aliphatic hydroxyl groups is 1. The Hall–Kier alpha value is -1.75. The van der Waals surface area contributed by atoms with Crippen LogP contribution in [0.3, 0.4) is 0 Å². The van der Waals surface area contributed by atoms with Gasteiger partial charge >= 0.3 is 0 Å². The van der Waals surface area contributed by atoms with Crippen molar-refractivity contribution in [1.29, 1.82) is 0 Å². The van der Waals surface area contributed by atoms with E-state index in [1.165, 1.54) is 17.8 Å². The maximum atomic E-state index is 13.8. The molecule has 2 aromatic rings. The Bertz CT molecular complexity index is 600. The van der Waals surface area contributed by atoms with Crippen LogP contribution in [0.1, 0.15) is 19.4 Å². The topological polar surface area (TPSA) is 38.0 Å². The van der Waals surface area contributed by atoms with Crippen molar-refractivity contribution >= 4 is 0 Å². The summed E-state index contributed by atoms with van der Waals surface area (Å²) in [6.07, 6.45) is 3.05. The zero-order valence-electron chi connectivity index (χ0n) is 11.1. The molecule has 0 aliphatic rings. The normalized spacial score (nSPS) is 11.9. The number of halogens is 2. The Labute approximate surface area is 110 Å². The number of aromatic nitrogens is 2. The van der Waals surface area contributed by atoms with Gasteiger partial charge in [0.2, 0.25) is 0 Å². The second-order valence-corrected chi connectivity index (χ2v) is 5.32. The summed E-state index contributed by atoms with van der Waals surface area (Å²) in [6, 6.07) is 2.33. The molecule has 0 radical (unpaired) electrons. The molecule has 0 aliphatic heterocycles. The van der Waals surface area contributed by atoms with Crippen molar-refractivity contribution in [1.82, 2.24) is 9.78 Å². The number of aryl methyl sites for hydroxylation is 1. The second-order valence-electron chi connectivity index (χ2n) is 5.32. The van der Waals surface area contributed by atoms with Gasteiger partial charge in [0.05, 0.1) is 18.3 Å². The molecule has 19 heavy (non-hydrogen) atoms. The van der Waals surface area contributed by atoms with E-state index in [2.05, 4.69) is 5.10 Å². The van der Waals surface area contributed by atoms with Crippen molar-refractivity contribution < 1.29 is 13.9 Å². The lowest BCUT2D eigenvalue weighted by molar-refractivity contribution is 0.0577. The van der Waals surface area contributed by atoms with E-state index in [1.807, 2.05) is 0 Å². The Balaban J connectivity index is 2.36. The van der Waals surface area contributed by atoms with Gasteiger partial charge in [-0.15, -0.1) is 0 Å². The third-order valence-corrected chi connectivity index (χ3v) is 2.74. The SMILES string of the molecule is Cc1cc(F)c(-c2cnn(CC(C)(C)O)c2)cc1F. The van der Waals surface area contributed by atoms with Crippen LogP contribution >= 0.6 is 0 Å². The van der Waals surface area contributed by atoms with Gasteiger partial charge in [0.1, 0.15) is 11.6 Å². The minimum absolute atomic E-state index is 0.171. The first-order valence-corrected chi connectivity index (χ1v) is 5.97. The molecule has 0 saturated heterocycles. The van der Waals surface area contributed by atoms with Crippen LogP contribution in [0, 0.1) is 18.6 Å². The highest BCUT2D eigenvalue weighted by Crippen LogP contribution is 2.25. The van der Waals surface area contributed by atoms with Gasteiger partial charge in [0.15, 0.2) is 0 Å². The molecular weight excluding hydrogens is 250 g/mol. The summed E-state index contributed by atoms with van der Waals surface area (Å²) in [5.74, 6) is -0.937. The fourth-order valence-electron chi connectivity index (χ4n) is 1.85. The molecule has 3 nitrogen and oxygen atoms in total. The first-order chi connectivity index (χ1) is 8.76. The first kappa shape index (κ1) is 13.7. The van der Waals surface area contributed by atoms with Crippen LogP contribution in [-0.4, -0.2) is 20.5 Å². The fourth-order valence-corrected chi connectivity index (χ4v) is 1.85. The molecule has 1 heterocycles. The summed E-state index contributed by atoms with van der Waals surface area (Å²) in [5, 5.41) is 13.7. The minimum Gasteiger partial charge on any atom is -0.389 e. The molecule has 2 rings (SSSR count). The van der Waals surface area contributed by atoms with Crippen LogP contribution in [0.5, 0.6) is 0 Å². The lowest BCUT2D eigenvalue weighted by Crippen LogP contribution is -2.26. The van der Waals surface area contributed by atoms with Crippen molar-refractivity contribution in [2.45, 2.75) is 32.9 Å². The van der Waals surface area contributed by atoms with Crippen LogP contribution in [-0.2, 0) is 6.54 Å². The zero-order valence-corrected chi connectivity index (χ0v) is 11.1. The molecule has 0 spiro atoms. The zero-order chi connectivity index (χ0) is 14.2. The maximum absolute atomic E-state index is 13.8. The van der Waals surface area contributed by atoms with Crippen LogP contribution in [0.4, 0.5) is 8.78 Å². The van der Waals surface area contributed by atoms with Crippen LogP contribution in [0.25, 0.3) is 11.1 Å². The van der Waals surface area contributed by atoms with Crippen LogP contribution < -0.4 is 0 Å². The smallest absolute Gasteiger partial charge is 0.131 e.